The Bertz CT molecular complexity index is 641. The second kappa shape index (κ2) is 7.61. The van der Waals surface area contributed by atoms with E-state index in [1.54, 1.807) is 0 Å². The summed E-state index contributed by atoms with van der Waals surface area (Å²) in [6.45, 7) is 2.74. The van der Waals surface area contributed by atoms with E-state index < -0.39 is 0 Å². The zero-order valence-corrected chi connectivity index (χ0v) is 13.8. The van der Waals surface area contributed by atoms with Crippen LogP contribution in [0.3, 0.4) is 0 Å². The van der Waals surface area contributed by atoms with Gasteiger partial charge in [-0.15, -0.1) is 5.10 Å². The maximum absolute atomic E-state index is 12.0. The lowest BCUT2D eigenvalue weighted by Gasteiger charge is -2.13. The monoisotopic (exact) mass is 332 g/mol. The van der Waals surface area contributed by atoms with Gasteiger partial charge in [-0.3, -0.25) is 9.89 Å². The molecule has 1 aromatic carbocycles. The highest BCUT2D eigenvalue weighted by Gasteiger charge is 2.21. The van der Waals surface area contributed by atoms with Gasteiger partial charge in [-0.2, -0.15) is 0 Å². The second-order valence-electron chi connectivity index (χ2n) is 5.49. The minimum Gasteiger partial charge on any atom is -0.370 e. The van der Waals surface area contributed by atoms with Crippen LogP contribution >= 0.6 is 11.8 Å². The molecule has 2 aromatic rings. The van der Waals surface area contributed by atoms with Gasteiger partial charge < -0.3 is 10.1 Å². The third kappa shape index (κ3) is 4.33. The van der Waals surface area contributed by atoms with Crippen molar-refractivity contribution in [3.63, 3.8) is 0 Å². The summed E-state index contributed by atoms with van der Waals surface area (Å²) in [6.07, 6.45) is 2.03. The molecule has 2 unspecified atom stereocenters. The quantitative estimate of drug-likeness (QED) is 0.795. The van der Waals surface area contributed by atoms with E-state index in [2.05, 4.69) is 20.5 Å². The molecule has 2 N–H and O–H groups in total. The fraction of sp³-hybridized carbons (Fsp3) is 0.438. The van der Waals surface area contributed by atoms with Crippen molar-refractivity contribution in [2.75, 3.05) is 12.4 Å². The zero-order valence-electron chi connectivity index (χ0n) is 13.0. The van der Waals surface area contributed by atoms with E-state index in [9.17, 15) is 4.79 Å². The molecule has 7 heteroatoms. The molecule has 1 aliphatic rings. The Labute approximate surface area is 139 Å². The number of rotatable bonds is 6. The SMILES string of the molecule is CC(NC(=O)CSc1n[nH]c(C2CCCO2)n1)c1ccccc1. The predicted molar refractivity (Wildman–Crippen MR) is 88.0 cm³/mol. The molecule has 1 aliphatic heterocycles. The average molecular weight is 332 g/mol. The van der Waals surface area contributed by atoms with Crippen molar-refractivity contribution in [2.24, 2.45) is 0 Å². The van der Waals surface area contributed by atoms with Gasteiger partial charge in [-0.1, -0.05) is 42.1 Å². The molecule has 1 fully saturated rings. The number of amides is 1. The lowest BCUT2D eigenvalue weighted by Crippen LogP contribution is -2.28. The number of nitrogens with one attached hydrogen (secondary N) is 2. The standard InChI is InChI=1S/C16H20N4O2S/c1-11(12-6-3-2-4-7-12)17-14(21)10-23-16-18-15(19-20-16)13-8-5-9-22-13/h2-4,6-7,11,13H,5,8-10H2,1H3,(H,17,21)(H,18,19,20). The number of carbonyl (C=O) groups is 1. The molecule has 2 atom stereocenters. The van der Waals surface area contributed by atoms with Crippen LogP contribution in [0.15, 0.2) is 35.5 Å². The molecule has 6 nitrogen and oxygen atoms in total. The Hall–Kier alpha value is -1.86. The van der Waals surface area contributed by atoms with E-state index in [4.69, 9.17) is 4.74 Å². The number of hydrogen-bond donors (Lipinski definition) is 2. The summed E-state index contributed by atoms with van der Waals surface area (Å²) < 4.78 is 5.56. The molecule has 1 amide bonds. The molecule has 122 valence electrons. The van der Waals surface area contributed by atoms with Crippen LogP contribution in [0, 0.1) is 0 Å². The van der Waals surface area contributed by atoms with Crippen molar-refractivity contribution in [3.8, 4) is 0 Å². The topological polar surface area (TPSA) is 79.9 Å². The largest absolute Gasteiger partial charge is 0.370 e. The summed E-state index contributed by atoms with van der Waals surface area (Å²) in [5.74, 6) is 1.01. The van der Waals surface area contributed by atoms with Crippen molar-refractivity contribution in [3.05, 3.63) is 41.7 Å². The number of ether oxygens (including phenoxy) is 1. The fourth-order valence-corrected chi connectivity index (χ4v) is 3.11. The molecule has 0 radical (unpaired) electrons. The van der Waals surface area contributed by atoms with Gasteiger partial charge in [0.25, 0.3) is 0 Å². The number of thioether (sulfide) groups is 1. The minimum atomic E-state index is -0.0326. The smallest absolute Gasteiger partial charge is 0.230 e. The first-order chi connectivity index (χ1) is 11.2. The highest BCUT2D eigenvalue weighted by Crippen LogP contribution is 2.26. The number of benzene rings is 1. The van der Waals surface area contributed by atoms with E-state index >= 15 is 0 Å². The lowest BCUT2D eigenvalue weighted by atomic mass is 10.1. The van der Waals surface area contributed by atoms with Crippen molar-refractivity contribution < 1.29 is 9.53 Å². The van der Waals surface area contributed by atoms with Gasteiger partial charge >= 0.3 is 0 Å². The van der Waals surface area contributed by atoms with Gasteiger partial charge in [-0.05, 0) is 25.3 Å². The highest BCUT2D eigenvalue weighted by atomic mass is 32.2. The number of aromatic nitrogens is 3. The Morgan fingerprint density at radius 3 is 3.04 bits per heavy atom. The molecule has 0 spiro atoms. The van der Waals surface area contributed by atoms with Gasteiger partial charge in [0.1, 0.15) is 6.10 Å². The molecule has 2 heterocycles. The molecule has 23 heavy (non-hydrogen) atoms. The van der Waals surface area contributed by atoms with Crippen molar-refractivity contribution >= 4 is 17.7 Å². The molecule has 0 aliphatic carbocycles. The molecule has 0 bridgehead atoms. The first-order valence-electron chi connectivity index (χ1n) is 7.73. The molecular weight excluding hydrogens is 312 g/mol. The third-order valence-electron chi connectivity index (χ3n) is 3.73. The zero-order chi connectivity index (χ0) is 16.1. The van der Waals surface area contributed by atoms with Crippen molar-refractivity contribution in [1.82, 2.24) is 20.5 Å². The van der Waals surface area contributed by atoms with Crippen LogP contribution in [-0.2, 0) is 9.53 Å². The van der Waals surface area contributed by atoms with Crippen LogP contribution in [0.5, 0.6) is 0 Å². The van der Waals surface area contributed by atoms with Crippen LogP contribution < -0.4 is 5.32 Å². The first-order valence-corrected chi connectivity index (χ1v) is 8.72. The lowest BCUT2D eigenvalue weighted by molar-refractivity contribution is -0.119. The summed E-state index contributed by atoms with van der Waals surface area (Å²) in [4.78, 5) is 16.4. The first kappa shape index (κ1) is 16.0. The van der Waals surface area contributed by atoms with Gasteiger partial charge in [0.05, 0.1) is 11.8 Å². The molecular formula is C16H20N4O2S. The summed E-state index contributed by atoms with van der Waals surface area (Å²) in [7, 11) is 0. The Balaban J connectivity index is 1.47. The number of aromatic amines is 1. The third-order valence-corrected chi connectivity index (χ3v) is 4.57. The summed E-state index contributed by atoms with van der Waals surface area (Å²) in [6, 6.07) is 9.88. The number of carbonyl (C=O) groups excluding carboxylic acids is 1. The van der Waals surface area contributed by atoms with Crippen molar-refractivity contribution in [1.29, 1.82) is 0 Å². The van der Waals surface area contributed by atoms with E-state index in [1.165, 1.54) is 11.8 Å². The highest BCUT2D eigenvalue weighted by molar-refractivity contribution is 7.99. The summed E-state index contributed by atoms with van der Waals surface area (Å²) >= 11 is 1.32. The van der Waals surface area contributed by atoms with E-state index in [0.29, 0.717) is 10.9 Å². The van der Waals surface area contributed by atoms with Crippen LogP contribution in [0.4, 0.5) is 0 Å². The maximum atomic E-state index is 12.0. The Morgan fingerprint density at radius 2 is 2.30 bits per heavy atom. The molecule has 0 saturated carbocycles. The fourth-order valence-electron chi connectivity index (χ4n) is 2.50. The van der Waals surface area contributed by atoms with Gasteiger partial charge in [0.2, 0.25) is 11.1 Å². The predicted octanol–water partition coefficient (Wildman–Crippen LogP) is 2.63. The van der Waals surface area contributed by atoms with Gasteiger partial charge in [-0.25, -0.2) is 4.98 Å². The summed E-state index contributed by atoms with van der Waals surface area (Å²) in [5, 5.41) is 10.6. The van der Waals surface area contributed by atoms with Crippen LogP contribution in [0.25, 0.3) is 0 Å². The molecule has 1 aromatic heterocycles. The van der Waals surface area contributed by atoms with E-state index in [0.717, 1.165) is 30.8 Å². The number of H-pyrrole nitrogens is 1. The van der Waals surface area contributed by atoms with E-state index in [-0.39, 0.29) is 18.1 Å². The summed E-state index contributed by atoms with van der Waals surface area (Å²) in [5.41, 5.74) is 1.09. The Morgan fingerprint density at radius 1 is 1.48 bits per heavy atom. The Kier molecular flexibility index (Phi) is 5.30. The van der Waals surface area contributed by atoms with Gasteiger partial charge in [0, 0.05) is 6.61 Å². The van der Waals surface area contributed by atoms with E-state index in [1.807, 2.05) is 37.3 Å². The number of hydrogen-bond acceptors (Lipinski definition) is 5. The minimum absolute atomic E-state index is 0.0149. The van der Waals surface area contributed by atoms with Crippen molar-refractivity contribution in [2.45, 2.75) is 37.1 Å². The average Bonchev–Trinajstić information content (AvgIpc) is 3.25. The van der Waals surface area contributed by atoms with Crippen LogP contribution in [-0.4, -0.2) is 33.4 Å². The second-order valence-corrected chi connectivity index (χ2v) is 6.44. The molecule has 1 saturated heterocycles. The van der Waals surface area contributed by atoms with Crippen LogP contribution in [0.2, 0.25) is 0 Å². The maximum Gasteiger partial charge on any atom is 0.230 e. The van der Waals surface area contributed by atoms with Crippen LogP contribution in [0.1, 0.15) is 43.3 Å². The number of nitrogens with zero attached hydrogens (tertiary/aromatic N) is 2. The molecule has 3 rings (SSSR count). The normalized spacial score (nSPS) is 18.7. The van der Waals surface area contributed by atoms with Gasteiger partial charge in [0.15, 0.2) is 5.82 Å².